The molecule has 1 unspecified atom stereocenters. The molecule has 1 N–H and O–H groups in total. The van der Waals surface area contributed by atoms with Gasteiger partial charge in [-0.25, -0.2) is 9.59 Å². The summed E-state index contributed by atoms with van der Waals surface area (Å²) in [5.41, 5.74) is 2.70. The fourth-order valence-electron chi connectivity index (χ4n) is 4.05. The van der Waals surface area contributed by atoms with Crippen LogP contribution in [0.1, 0.15) is 37.8 Å². The lowest BCUT2D eigenvalue weighted by molar-refractivity contribution is -0.384. The molecule has 0 spiro atoms. The van der Waals surface area contributed by atoms with Gasteiger partial charge in [-0.2, -0.15) is 11.8 Å². The fourth-order valence-corrected chi connectivity index (χ4v) is 4.54. The van der Waals surface area contributed by atoms with Crippen molar-refractivity contribution in [2.24, 2.45) is 0 Å². The lowest BCUT2D eigenvalue weighted by Gasteiger charge is -2.30. The summed E-state index contributed by atoms with van der Waals surface area (Å²) in [5.74, 6) is -0.564. The molecule has 2 aromatic carbocycles. The van der Waals surface area contributed by atoms with Crippen LogP contribution in [0.4, 0.5) is 5.69 Å². The molecule has 0 bridgehead atoms. The van der Waals surface area contributed by atoms with Crippen molar-refractivity contribution in [1.82, 2.24) is 5.32 Å². The van der Waals surface area contributed by atoms with E-state index in [4.69, 9.17) is 9.47 Å². The molecule has 1 atom stereocenters. The summed E-state index contributed by atoms with van der Waals surface area (Å²) in [4.78, 5) is 37.5. The van der Waals surface area contributed by atoms with E-state index in [-0.39, 0.29) is 30.0 Å². The third-order valence-corrected chi connectivity index (χ3v) is 6.56. The Morgan fingerprint density at radius 2 is 1.70 bits per heavy atom. The van der Waals surface area contributed by atoms with Crippen LogP contribution >= 0.6 is 11.8 Å². The summed E-state index contributed by atoms with van der Waals surface area (Å²) in [7, 11) is 0. The molecule has 37 heavy (non-hydrogen) atoms. The number of esters is 2. The van der Waals surface area contributed by atoms with E-state index < -0.39 is 22.8 Å². The predicted octanol–water partition coefficient (Wildman–Crippen LogP) is 5.38. The average Bonchev–Trinajstić information content (AvgIpc) is 2.89. The van der Waals surface area contributed by atoms with E-state index in [1.54, 1.807) is 37.8 Å². The first-order valence-corrected chi connectivity index (χ1v) is 13.1. The van der Waals surface area contributed by atoms with Gasteiger partial charge in [-0.05, 0) is 36.8 Å². The van der Waals surface area contributed by atoms with E-state index in [9.17, 15) is 19.7 Å². The van der Waals surface area contributed by atoms with Crippen molar-refractivity contribution in [2.45, 2.75) is 26.7 Å². The van der Waals surface area contributed by atoms with Crippen LogP contribution in [0.15, 0.2) is 83.2 Å². The molecule has 0 saturated carbocycles. The number of nitro benzene ring substituents is 1. The first-order chi connectivity index (χ1) is 17.8. The zero-order valence-corrected chi connectivity index (χ0v) is 21.9. The zero-order chi connectivity index (χ0) is 26.8. The van der Waals surface area contributed by atoms with Crippen LogP contribution < -0.4 is 5.32 Å². The van der Waals surface area contributed by atoms with Crippen LogP contribution in [0.25, 0.3) is 6.08 Å². The van der Waals surface area contributed by atoms with Gasteiger partial charge in [-0.3, -0.25) is 10.1 Å². The molecule has 8 nitrogen and oxygen atoms in total. The van der Waals surface area contributed by atoms with Crippen molar-refractivity contribution in [1.29, 1.82) is 0 Å². The maximum Gasteiger partial charge on any atom is 0.337 e. The maximum absolute atomic E-state index is 13.3. The molecule has 194 valence electrons. The van der Waals surface area contributed by atoms with Crippen LogP contribution in [0.3, 0.4) is 0 Å². The van der Waals surface area contributed by atoms with Gasteiger partial charge in [0.15, 0.2) is 0 Å². The molecule has 1 aliphatic rings. The summed E-state index contributed by atoms with van der Waals surface area (Å²) in [6.07, 6.45) is 3.57. The van der Waals surface area contributed by atoms with Crippen LogP contribution in [0.5, 0.6) is 0 Å². The highest BCUT2D eigenvalue weighted by molar-refractivity contribution is 7.99. The Kier molecular flexibility index (Phi) is 10.1. The van der Waals surface area contributed by atoms with Gasteiger partial charge in [-0.15, -0.1) is 0 Å². The number of nitrogens with zero attached hydrogens (tertiary/aromatic N) is 1. The molecule has 0 aromatic heterocycles. The normalized spacial score (nSPS) is 15.5. The minimum Gasteiger partial charge on any atom is -0.461 e. The topological polar surface area (TPSA) is 108 Å². The Bertz CT molecular complexity index is 1240. The number of carbonyl (C=O) groups is 2. The largest absolute Gasteiger partial charge is 0.461 e. The average molecular weight is 523 g/mol. The van der Waals surface area contributed by atoms with Gasteiger partial charge >= 0.3 is 11.9 Å². The Balaban J connectivity index is 1.92. The summed E-state index contributed by atoms with van der Waals surface area (Å²) in [6.45, 7) is 5.68. The molecule has 0 radical (unpaired) electrons. The van der Waals surface area contributed by atoms with Gasteiger partial charge in [0.25, 0.3) is 5.69 Å². The van der Waals surface area contributed by atoms with Crippen molar-refractivity contribution in [3.05, 3.63) is 104 Å². The standard InChI is InChI=1S/C28H30N2O6S/c1-4-37-17-16-36-28(32)25-20(3)29-19(2)24(26(25)22-13-8-14-23(18-22)30(33)34)27(31)35-15-9-12-21-10-6-5-7-11-21/h5-14,18,26,29H,4,15-17H2,1-3H3/b12-9+. The molecule has 9 heteroatoms. The molecule has 0 fully saturated rings. The molecule has 0 amide bonds. The van der Waals surface area contributed by atoms with Gasteiger partial charge in [0.2, 0.25) is 0 Å². The summed E-state index contributed by atoms with van der Waals surface area (Å²) in [5, 5.41) is 14.6. The lowest BCUT2D eigenvalue weighted by Crippen LogP contribution is -2.32. The Labute approximate surface area is 220 Å². The minimum atomic E-state index is -0.891. The highest BCUT2D eigenvalue weighted by Crippen LogP contribution is 2.40. The molecule has 2 aromatic rings. The molecular formula is C28H30N2O6S. The van der Waals surface area contributed by atoms with E-state index in [1.807, 2.05) is 43.3 Å². The van der Waals surface area contributed by atoms with Gasteiger partial charge in [0.1, 0.15) is 13.2 Å². The summed E-state index contributed by atoms with van der Waals surface area (Å²) in [6, 6.07) is 15.5. The number of allylic oxidation sites excluding steroid dienone is 2. The van der Waals surface area contributed by atoms with E-state index in [0.29, 0.717) is 22.7 Å². The van der Waals surface area contributed by atoms with Crippen molar-refractivity contribution < 1.29 is 24.0 Å². The van der Waals surface area contributed by atoms with Crippen molar-refractivity contribution in [2.75, 3.05) is 24.7 Å². The highest BCUT2D eigenvalue weighted by atomic mass is 32.2. The number of ether oxygens (including phenoxy) is 2. The summed E-state index contributed by atoms with van der Waals surface area (Å²) >= 11 is 1.64. The first kappa shape index (κ1) is 27.7. The third-order valence-electron chi connectivity index (χ3n) is 5.70. The SMILES string of the molecule is CCSCCOC(=O)C1=C(C)NC(C)=C(C(=O)OC/C=C/c2ccccc2)C1c1cccc([N+](=O)[O-])c1. The minimum absolute atomic E-state index is 0.0167. The number of rotatable bonds is 11. The van der Waals surface area contributed by atoms with Gasteiger partial charge in [0.05, 0.1) is 22.0 Å². The smallest absolute Gasteiger partial charge is 0.337 e. The molecule has 1 heterocycles. The van der Waals surface area contributed by atoms with E-state index in [1.165, 1.54) is 18.2 Å². The van der Waals surface area contributed by atoms with E-state index >= 15 is 0 Å². The molecule has 3 rings (SSSR count). The number of hydrogen-bond donors (Lipinski definition) is 1. The Morgan fingerprint density at radius 1 is 1.03 bits per heavy atom. The van der Waals surface area contributed by atoms with Crippen molar-refractivity contribution in [3.63, 3.8) is 0 Å². The molecule has 0 saturated heterocycles. The predicted molar refractivity (Wildman–Crippen MR) is 145 cm³/mol. The second-order valence-corrected chi connectivity index (χ2v) is 9.63. The van der Waals surface area contributed by atoms with Gasteiger partial charge in [-0.1, -0.05) is 55.5 Å². The van der Waals surface area contributed by atoms with Crippen molar-refractivity contribution in [3.8, 4) is 0 Å². The highest BCUT2D eigenvalue weighted by Gasteiger charge is 2.38. The molecule has 0 aliphatic carbocycles. The van der Waals surface area contributed by atoms with Crippen LogP contribution in [0.2, 0.25) is 0 Å². The number of thioether (sulfide) groups is 1. The maximum atomic E-state index is 13.3. The number of nitrogens with one attached hydrogen (secondary N) is 1. The van der Waals surface area contributed by atoms with E-state index in [0.717, 1.165) is 11.3 Å². The van der Waals surface area contributed by atoms with Gasteiger partial charge < -0.3 is 14.8 Å². The lowest BCUT2D eigenvalue weighted by atomic mass is 9.80. The molecule has 1 aliphatic heterocycles. The number of dihydropyridines is 1. The third kappa shape index (κ3) is 7.33. The molecular weight excluding hydrogens is 492 g/mol. The van der Waals surface area contributed by atoms with Crippen LogP contribution in [0, 0.1) is 10.1 Å². The first-order valence-electron chi connectivity index (χ1n) is 11.9. The Hall–Kier alpha value is -3.85. The number of benzene rings is 2. The quantitative estimate of drug-likeness (QED) is 0.181. The Morgan fingerprint density at radius 3 is 2.35 bits per heavy atom. The second-order valence-electron chi connectivity index (χ2n) is 8.23. The number of carbonyl (C=O) groups excluding carboxylic acids is 2. The fraction of sp³-hybridized carbons (Fsp3) is 0.286. The monoisotopic (exact) mass is 522 g/mol. The number of hydrogen-bond acceptors (Lipinski definition) is 8. The number of nitro groups is 1. The second kappa shape index (κ2) is 13.5. The number of non-ortho nitro benzene ring substituents is 1. The van der Waals surface area contributed by atoms with Crippen molar-refractivity contribution >= 4 is 35.5 Å². The summed E-state index contributed by atoms with van der Waals surface area (Å²) < 4.78 is 11.1. The van der Waals surface area contributed by atoms with Gasteiger partial charge in [0, 0.05) is 29.3 Å². The van der Waals surface area contributed by atoms with Crippen LogP contribution in [-0.2, 0) is 19.1 Å². The van der Waals surface area contributed by atoms with Crippen LogP contribution in [-0.4, -0.2) is 41.6 Å². The van der Waals surface area contributed by atoms with E-state index in [2.05, 4.69) is 5.32 Å². The zero-order valence-electron chi connectivity index (χ0n) is 21.1.